The van der Waals surface area contributed by atoms with Crippen molar-refractivity contribution in [3.8, 4) is 5.75 Å². The summed E-state index contributed by atoms with van der Waals surface area (Å²) in [7, 11) is -1.76. The van der Waals surface area contributed by atoms with Gasteiger partial charge in [0.1, 0.15) is 11.6 Å². The SMILES string of the molecule is CN(CCNS(C)(=O)=O)C(=O)COc1ccc(F)c(Cl)c1. The van der Waals surface area contributed by atoms with Crippen LogP contribution in [0.25, 0.3) is 0 Å². The van der Waals surface area contributed by atoms with Gasteiger partial charge in [0.2, 0.25) is 10.0 Å². The molecule has 0 fully saturated rings. The van der Waals surface area contributed by atoms with Crippen LogP contribution >= 0.6 is 11.6 Å². The van der Waals surface area contributed by atoms with E-state index in [9.17, 15) is 17.6 Å². The van der Waals surface area contributed by atoms with Gasteiger partial charge >= 0.3 is 0 Å². The Kier molecular flexibility index (Phi) is 6.38. The van der Waals surface area contributed by atoms with Crippen molar-refractivity contribution in [2.24, 2.45) is 0 Å². The molecular weight excluding hydrogens is 323 g/mol. The van der Waals surface area contributed by atoms with Crippen molar-refractivity contribution < 1.29 is 22.3 Å². The molecule has 21 heavy (non-hydrogen) atoms. The van der Waals surface area contributed by atoms with Crippen LogP contribution in [0.1, 0.15) is 0 Å². The molecule has 0 saturated carbocycles. The predicted octanol–water partition coefficient (Wildman–Crippen LogP) is 0.866. The Bertz CT molecular complexity index is 609. The number of rotatable bonds is 7. The molecule has 9 heteroatoms. The van der Waals surface area contributed by atoms with Gasteiger partial charge in [0, 0.05) is 26.2 Å². The van der Waals surface area contributed by atoms with Crippen LogP contribution in [-0.2, 0) is 14.8 Å². The molecule has 0 radical (unpaired) electrons. The molecule has 0 bridgehead atoms. The van der Waals surface area contributed by atoms with Crippen molar-refractivity contribution in [1.29, 1.82) is 0 Å². The second kappa shape index (κ2) is 7.58. The van der Waals surface area contributed by atoms with Gasteiger partial charge in [-0.05, 0) is 12.1 Å². The summed E-state index contributed by atoms with van der Waals surface area (Å²) in [6.45, 7) is 0.0697. The highest BCUT2D eigenvalue weighted by Crippen LogP contribution is 2.20. The Morgan fingerprint density at radius 3 is 2.71 bits per heavy atom. The largest absolute Gasteiger partial charge is 0.484 e. The molecule has 0 unspecified atom stereocenters. The number of halogens is 2. The molecule has 0 heterocycles. The van der Waals surface area contributed by atoms with Gasteiger partial charge in [-0.2, -0.15) is 0 Å². The minimum atomic E-state index is -3.28. The Balaban J connectivity index is 2.40. The second-order valence-corrected chi connectivity index (χ2v) is 6.59. The summed E-state index contributed by atoms with van der Waals surface area (Å²) in [5.74, 6) is -0.637. The van der Waals surface area contributed by atoms with Crippen molar-refractivity contribution in [2.75, 3.05) is 33.0 Å². The number of likely N-dealkylation sites (N-methyl/N-ethyl adjacent to an activating group) is 1. The number of hydrogen-bond acceptors (Lipinski definition) is 4. The zero-order valence-electron chi connectivity index (χ0n) is 11.6. The average Bonchev–Trinajstić information content (AvgIpc) is 2.38. The van der Waals surface area contributed by atoms with Gasteiger partial charge in [-0.1, -0.05) is 11.6 Å². The molecule has 0 atom stereocenters. The van der Waals surface area contributed by atoms with E-state index >= 15 is 0 Å². The van der Waals surface area contributed by atoms with Crippen LogP contribution in [-0.4, -0.2) is 52.2 Å². The first-order valence-corrected chi connectivity index (χ1v) is 8.22. The normalized spacial score (nSPS) is 11.2. The highest BCUT2D eigenvalue weighted by Gasteiger charge is 2.11. The highest BCUT2D eigenvalue weighted by atomic mass is 35.5. The van der Waals surface area contributed by atoms with E-state index in [0.717, 1.165) is 12.3 Å². The maximum atomic E-state index is 12.9. The highest BCUT2D eigenvalue weighted by molar-refractivity contribution is 7.88. The molecule has 1 aromatic carbocycles. The Morgan fingerprint density at radius 1 is 1.48 bits per heavy atom. The first-order chi connectivity index (χ1) is 9.69. The van der Waals surface area contributed by atoms with E-state index < -0.39 is 15.8 Å². The van der Waals surface area contributed by atoms with Crippen molar-refractivity contribution in [2.45, 2.75) is 0 Å². The molecule has 1 aromatic rings. The van der Waals surface area contributed by atoms with Crippen LogP contribution in [0.15, 0.2) is 18.2 Å². The molecule has 0 aliphatic rings. The lowest BCUT2D eigenvalue weighted by Crippen LogP contribution is -2.38. The number of sulfonamides is 1. The fourth-order valence-electron chi connectivity index (χ4n) is 1.35. The van der Waals surface area contributed by atoms with Crippen LogP contribution in [0.5, 0.6) is 5.75 Å². The lowest BCUT2D eigenvalue weighted by atomic mass is 10.3. The van der Waals surface area contributed by atoms with Crippen LogP contribution in [0.3, 0.4) is 0 Å². The molecule has 1 N–H and O–H groups in total. The molecule has 0 spiro atoms. The van der Waals surface area contributed by atoms with Gasteiger partial charge < -0.3 is 9.64 Å². The number of nitrogens with zero attached hydrogens (tertiary/aromatic N) is 1. The zero-order chi connectivity index (χ0) is 16.0. The van der Waals surface area contributed by atoms with Gasteiger partial charge in [-0.25, -0.2) is 17.5 Å². The standard InChI is InChI=1S/C12H16ClFN2O4S/c1-16(6-5-15-21(2,18)19)12(17)8-20-9-3-4-11(14)10(13)7-9/h3-4,7,15H,5-6,8H2,1-2H3. The first kappa shape index (κ1) is 17.7. The topological polar surface area (TPSA) is 75.7 Å². The van der Waals surface area contributed by atoms with Gasteiger partial charge in [-0.15, -0.1) is 0 Å². The molecule has 0 aliphatic carbocycles. The van der Waals surface area contributed by atoms with Crippen LogP contribution in [0.4, 0.5) is 4.39 Å². The molecule has 118 valence electrons. The molecule has 1 amide bonds. The predicted molar refractivity (Wildman–Crippen MR) is 77.4 cm³/mol. The third-order valence-electron chi connectivity index (χ3n) is 2.49. The summed E-state index contributed by atoms with van der Waals surface area (Å²) < 4.78 is 42.1. The minimum Gasteiger partial charge on any atom is -0.484 e. The Morgan fingerprint density at radius 2 is 2.14 bits per heavy atom. The quantitative estimate of drug-likeness (QED) is 0.800. The van der Waals surface area contributed by atoms with Crippen molar-refractivity contribution in [3.05, 3.63) is 29.0 Å². The monoisotopic (exact) mass is 338 g/mol. The number of benzene rings is 1. The molecule has 0 saturated heterocycles. The number of ether oxygens (including phenoxy) is 1. The summed E-state index contributed by atoms with van der Waals surface area (Å²) >= 11 is 5.59. The van der Waals surface area contributed by atoms with E-state index in [2.05, 4.69) is 4.72 Å². The number of amides is 1. The zero-order valence-corrected chi connectivity index (χ0v) is 13.2. The van der Waals surface area contributed by atoms with E-state index in [0.29, 0.717) is 0 Å². The van der Waals surface area contributed by atoms with E-state index in [-0.39, 0.29) is 36.4 Å². The Labute approximate surface area is 127 Å². The first-order valence-electron chi connectivity index (χ1n) is 5.95. The summed E-state index contributed by atoms with van der Waals surface area (Å²) in [6.07, 6.45) is 1.04. The molecule has 6 nitrogen and oxygen atoms in total. The van der Waals surface area contributed by atoms with Crippen molar-refractivity contribution in [3.63, 3.8) is 0 Å². The fourth-order valence-corrected chi connectivity index (χ4v) is 1.98. The maximum Gasteiger partial charge on any atom is 0.260 e. The van der Waals surface area contributed by atoms with Gasteiger partial charge in [-0.3, -0.25) is 4.79 Å². The molecule has 0 aliphatic heterocycles. The summed E-state index contributed by atoms with van der Waals surface area (Å²) in [5.41, 5.74) is 0. The van der Waals surface area contributed by atoms with E-state index in [1.54, 1.807) is 0 Å². The van der Waals surface area contributed by atoms with Crippen LogP contribution in [0, 0.1) is 5.82 Å². The number of nitrogens with one attached hydrogen (secondary N) is 1. The van der Waals surface area contributed by atoms with Gasteiger partial charge in [0.05, 0.1) is 11.3 Å². The lowest BCUT2D eigenvalue weighted by Gasteiger charge is -2.17. The number of carbonyl (C=O) groups is 1. The number of carbonyl (C=O) groups excluding carboxylic acids is 1. The van der Waals surface area contributed by atoms with Crippen molar-refractivity contribution in [1.82, 2.24) is 9.62 Å². The summed E-state index contributed by atoms with van der Waals surface area (Å²) in [5, 5.41) is -0.0920. The second-order valence-electron chi connectivity index (χ2n) is 4.35. The van der Waals surface area contributed by atoms with Crippen molar-refractivity contribution >= 4 is 27.5 Å². The van der Waals surface area contributed by atoms with Gasteiger partial charge in [0.25, 0.3) is 5.91 Å². The van der Waals surface area contributed by atoms with E-state index in [4.69, 9.17) is 16.3 Å². The lowest BCUT2D eigenvalue weighted by molar-refractivity contribution is -0.131. The molecule has 1 rings (SSSR count). The smallest absolute Gasteiger partial charge is 0.260 e. The minimum absolute atomic E-state index is 0.0920. The van der Waals surface area contributed by atoms with E-state index in [1.807, 2.05) is 0 Å². The molecular formula is C12H16ClFN2O4S. The van der Waals surface area contributed by atoms with Crippen LogP contribution in [0.2, 0.25) is 5.02 Å². The third-order valence-corrected chi connectivity index (χ3v) is 3.51. The summed E-state index contributed by atoms with van der Waals surface area (Å²) in [6, 6.07) is 3.77. The third kappa shape index (κ3) is 6.74. The Hall–Kier alpha value is -1.38. The fraction of sp³-hybridized carbons (Fsp3) is 0.417. The number of hydrogen-bond donors (Lipinski definition) is 1. The average molecular weight is 339 g/mol. The van der Waals surface area contributed by atoms with Crippen LogP contribution < -0.4 is 9.46 Å². The van der Waals surface area contributed by atoms with E-state index in [1.165, 1.54) is 24.1 Å². The molecule has 0 aromatic heterocycles. The maximum absolute atomic E-state index is 12.9. The van der Waals surface area contributed by atoms with Gasteiger partial charge in [0.15, 0.2) is 6.61 Å². The summed E-state index contributed by atoms with van der Waals surface area (Å²) in [4.78, 5) is 13.1.